The minimum Gasteiger partial charge on any atom is -0.302 e. The van der Waals surface area contributed by atoms with Crippen LogP contribution in [0, 0.1) is 25.2 Å². The maximum Gasteiger partial charge on any atom is 0.105 e. The van der Waals surface area contributed by atoms with Crippen molar-refractivity contribution in [3.8, 4) is 6.07 Å². The zero-order valence-corrected chi connectivity index (χ0v) is 10.9. The van der Waals surface area contributed by atoms with E-state index in [9.17, 15) is 0 Å². The molecule has 0 fully saturated rings. The highest BCUT2D eigenvalue weighted by Crippen LogP contribution is 2.21. The zero-order valence-electron chi connectivity index (χ0n) is 10.1. The van der Waals surface area contributed by atoms with Crippen molar-refractivity contribution in [3.63, 3.8) is 0 Å². The monoisotopic (exact) mass is 234 g/mol. The summed E-state index contributed by atoms with van der Waals surface area (Å²) in [5.74, 6) is 0.798. The summed E-state index contributed by atoms with van der Waals surface area (Å²) in [6, 6.07) is 8.64. The fourth-order valence-corrected chi connectivity index (χ4v) is 2.35. The predicted molar refractivity (Wildman–Crippen MR) is 69.7 cm³/mol. The molecule has 1 atom stereocenters. The minimum absolute atomic E-state index is 0.0587. The molecule has 1 aromatic carbocycles. The summed E-state index contributed by atoms with van der Waals surface area (Å²) in [5, 5.41) is 12.1. The molecule has 1 N–H and O–H groups in total. The Kier molecular flexibility index (Phi) is 5.37. The summed E-state index contributed by atoms with van der Waals surface area (Å²) < 4.78 is 0. The average molecular weight is 234 g/mol. The van der Waals surface area contributed by atoms with E-state index in [1.165, 1.54) is 16.0 Å². The average Bonchev–Trinajstić information content (AvgIpc) is 2.28. The maximum absolute atomic E-state index is 8.91. The Morgan fingerprint density at radius 1 is 1.38 bits per heavy atom. The molecule has 2 nitrogen and oxygen atoms in total. The number of nitrogens with one attached hydrogen (secondary N) is 1. The number of nitriles is 1. The lowest BCUT2D eigenvalue weighted by Crippen LogP contribution is -2.29. The van der Waals surface area contributed by atoms with Gasteiger partial charge in [-0.2, -0.15) is 5.26 Å². The first-order valence-corrected chi connectivity index (χ1v) is 6.49. The molecule has 0 aromatic heterocycles. The highest BCUT2D eigenvalue weighted by molar-refractivity contribution is 7.99. The van der Waals surface area contributed by atoms with E-state index in [0.717, 1.165) is 12.3 Å². The number of hydrogen-bond acceptors (Lipinski definition) is 3. The van der Waals surface area contributed by atoms with Gasteiger partial charge in [0.1, 0.15) is 6.04 Å². The van der Waals surface area contributed by atoms with Gasteiger partial charge in [0, 0.05) is 10.6 Å². The van der Waals surface area contributed by atoms with E-state index in [2.05, 4.69) is 43.4 Å². The molecule has 1 unspecified atom stereocenters. The molecule has 3 heteroatoms. The van der Waals surface area contributed by atoms with Crippen molar-refractivity contribution in [2.75, 3.05) is 12.3 Å². The van der Waals surface area contributed by atoms with Crippen LogP contribution >= 0.6 is 11.8 Å². The Morgan fingerprint density at radius 2 is 2.12 bits per heavy atom. The number of nitrogens with zero attached hydrogens (tertiary/aromatic N) is 1. The molecule has 0 radical (unpaired) electrons. The molecule has 0 saturated carbocycles. The molecular formula is C13H18N2S. The van der Waals surface area contributed by atoms with Gasteiger partial charge in [0.05, 0.1) is 6.07 Å². The molecule has 16 heavy (non-hydrogen) atoms. The van der Waals surface area contributed by atoms with Crippen molar-refractivity contribution in [1.29, 1.82) is 5.26 Å². The Hall–Kier alpha value is -0.980. The van der Waals surface area contributed by atoms with Crippen LogP contribution in [0.1, 0.15) is 18.1 Å². The Bertz CT molecular complexity index is 382. The normalized spacial score (nSPS) is 12.1. The van der Waals surface area contributed by atoms with Crippen LogP contribution in [-0.4, -0.2) is 18.3 Å². The fourth-order valence-electron chi connectivity index (χ4n) is 1.37. The number of aryl methyl sites for hydroxylation is 2. The fraction of sp³-hybridized carbons (Fsp3) is 0.462. The summed E-state index contributed by atoms with van der Waals surface area (Å²) >= 11 is 1.73. The quantitative estimate of drug-likeness (QED) is 0.796. The van der Waals surface area contributed by atoms with Crippen LogP contribution < -0.4 is 5.32 Å². The first kappa shape index (κ1) is 13.1. The smallest absolute Gasteiger partial charge is 0.105 e. The second-order valence-corrected chi connectivity index (χ2v) is 4.89. The largest absolute Gasteiger partial charge is 0.302 e. The molecule has 0 aliphatic carbocycles. The van der Waals surface area contributed by atoms with Crippen LogP contribution in [0.15, 0.2) is 23.1 Å². The van der Waals surface area contributed by atoms with Crippen LogP contribution in [0.5, 0.6) is 0 Å². The van der Waals surface area contributed by atoms with Gasteiger partial charge in [-0.15, -0.1) is 11.8 Å². The number of rotatable bonds is 5. The summed E-state index contributed by atoms with van der Waals surface area (Å²) in [6.07, 6.45) is 0. The van der Waals surface area contributed by atoms with E-state index in [4.69, 9.17) is 5.26 Å². The van der Waals surface area contributed by atoms with Gasteiger partial charge in [-0.1, -0.05) is 13.0 Å². The number of thioether (sulfide) groups is 1. The first-order chi connectivity index (χ1) is 7.67. The van der Waals surface area contributed by atoms with Gasteiger partial charge in [-0.05, 0) is 43.7 Å². The lowest BCUT2D eigenvalue weighted by atomic mass is 10.1. The third-order valence-corrected chi connectivity index (χ3v) is 3.59. The molecule has 86 valence electrons. The van der Waals surface area contributed by atoms with E-state index in [1.54, 1.807) is 11.8 Å². The van der Waals surface area contributed by atoms with E-state index in [1.807, 2.05) is 6.92 Å². The predicted octanol–water partition coefficient (Wildman–Crippen LogP) is 2.90. The first-order valence-electron chi connectivity index (χ1n) is 5.50. The van der Waals surface area contributed by atoms with Gasteiger partial charge in [0.2, 0.25) is 0 Å². The van der Waals surface area contributed by atoms with Crippen LogP contribution in [0.25, 0.3) is 0 Å². The van der Waals surface area contributed by atoms with Crippen molar-refractivity contribution in [2.45, 2.75) is 31.7 Å². The Morgan fingerprint density at radius 3 is 2.69 bits per heavy atom. The molecule has 0 amide bonds. The van der Waals surface area contributed by atoms with Gasteiger partial charge in [0.15, 0.2) is 0 Å². The SMILES string of the molecule is CCNC(C#N)CSc1ccc(C)c(C)c1. The van der Waals surface area contributed by atoms with Crippen molar-refractivity contribution >= 4 is 11.8 Å². The molecule has 0 saturated heterocycles. The highest BCUT2D eigenvalue weighted by atomic mass is 32.2. The van der Waals surface area contributed by atoms with E-state index < -0.39 is 0 Å². The van der Waals surface area contributed by atoms with Crippen LogP contribution in [0.2, 0.25) is 0 Å². The van der Waals surface area contributed by atoms with Crippen LogP contribution in [0.3, 0.4) is 0 Å². The molecule has 0 heterocycles. The van der Waals surface area contributed by atoms with Crippen molar-refractivity contribution in [3.05, 3.63) is 29.3 Å². The molecule has 0 aliphatic rings. The van der Waals surface area contributed by atoms with E-state index in [-0.39, 0.29) is 6.04 Å². The van der Waals surface area contributed by atoms with Crippen molar-refractivity contribution in [1.82, 2.24) is 5.32 Å². The Labute approximate surface area is 102 Å². The van der Waals surface area contributed by atoms with E-state index in [0.29, 0.717) is 0 Å². The lowest BCUT2D eigenvalue weighted by Gasteiger charge is -2.10. The number of benzene rings is 1. The second kappa shape index (κ2) is 6.57. The standard InChI is InChI=1S/C13H18N2S/c1-4-15-12(8-14)9-16-13-6-5-10(2)11(3)7-13/h5-7,12,15H,4,9H2,1-3H3. The van der Waals surface area contributed by atoms with Gasteiger partial charge in [-0.3, -0.25) is 0 Å². The van der Waals surface area contributed by atoms with Crippen molar-refractivity contribution < 1.29 is 0 Å². The molecular weight excluding hydrogens is 216 g/mol. The molecule has 1 aromatic rings. The van der Waals surface area contributed by atoms with Gasteiger partial charge in [0.25, 0.3) is 0 Å². The minimum atomic E-state index is -0.0587. The summed E-state index contributed by atoms with van der Waals surface area (Å²) in [5.41, 5.74) is 2.62. The maximum atomic E-state index is 8.91. The van der Waals surface area contributed by atoms with Crippen LogP contribution in [-0.2, 0) is 0 Å². The molecule has 0 spiro atoms. The summed E-state index contributed by atoms with van der Waals surface area (Å²) in [7, 11) is 0. The van der Waals surface area contributed by atoms with Crippen LogP contribution in [0.4, 0.5) is 0 Å². The van der Waals surface area contributed by atoms with Gasteiger partial charge in [-0.25, -0.2) is 0 Å². The number of hydrogen-bond donors (Lipinski definition) is 1. The zero-order chi connectivity index (χ0) is 12.0. The molecule has 0 aliphatic heterocycles. The molecule has 1 rings (SSSR count). The van der Waals surface area contributed by atoms with Gasteiger partial charge >= 0.3 is 0 Å². The third kappa shape index (κ3) is 3.88. The van der Waals surface area contributed by atoms with Gasteiger partial charge < -0.3 is 5.32 Å². The second-order valence-electron chi connectivity index (χ2n) is 3.80. The summed E-state index contributed by atoms with van der Waals surface area (Å²) in [6.45, 7) is 7.09. The molecule has 0 bridgehead atoms. The highest BCUT2D eigenvalue weighted by Gasteiger charge is 2.06. The summed E-state index contributed by atoms with van der Waals surface area (Å²) in [4.78, 5) is 1.24. The van der Waals surface area contributed by atoms with E-state index >= 15 is 0 Å². The lowest BCUT2D eigenvalue weighted by molar-refractivity contribution is 0.677. The third-order valence-electron chi connectivity index (χ3n) is 2.50. The van der Waals surface area contributed by atoms with Crippen molar-refractivity contribution in [2.24, 2.45) is 0 Å². The topological polar surface area (TPSA) is 35.8 Å². The Balaban J connectivity index is 2.54.